The Morgan fingerprint density at radius 2 is 1.22 bits per heavy atom. The highest BCUT2D eigenvalue weighted by atomic mass is 31.2. The molecule has 0 spiro atoms. The highest BCUT2D eigenvalue weighted by Crippen LogP contribution is 2.43. The summed E-state index contributed by atoms with van der Waals surface area (Å²) in [6, 6.07) is 0. The van der Waals surface area contributed by atoms with Crippen LogP contribution in [-0.2, 0) is 27.9 Å². The molecule has 8 nitrogen and oxygen atoms in total. The van der Waals surface area contributed by atoms with Gasteiger partial charge in [0, 0.05) is 19.6 Å². The van der Waals surface area contributed by atoms with Crippen molar-refractivity contribution in [1.29, 1.82) is 0 Å². The number of phosphoric acid groups is 1. The molecule has 0 amide bonds. The highest BCUT2D eigenvalue weighted by molar-refractivity contribution is 7.47. The van der Waals surface area contributed by atoms with Gasteiger partial charge in [-0.05, 0) is 57.8 Å². The summed E-state index contributed by atoms with van der Waals surface area (Å²) in [5, 5.41) is 0. The van der Waals surface area contributed by atoms with Crippen LogP contribution < -0.4 is 5.73 Å². The van der Waals surface area contributed by atoms with Crippen LogP contribution in [0.4, 0.5) is 0 Å². The molecule has 0 saturated heterocycles. The first-order valence-corrected chi connectivity index (χ1v) is 19.3. The fourth-order valence-corrected chi connectivity index (χ4v) is 5.14. The second kappa shape index (κ2) is 34.5. The minimum absolute atomic E-state index is 0.0950. The largest absolute Gasteiger partial charge is 0.472 e. The molecule has 0 aromatic carbocycles. The first kappa shape index (κ1) is 44.2. The van der Waals surface area contributed by atoms with Crippen LogP contribution in [0.25, 0.3) is 0 Å². The molecule has 266 valence electrons. The molecule has 0 aliphatic heterocycles. The van der Waals surface area contributed by atoms with Crippen LogP contribution >= 0.6 is 7.82 Å². The molecule has 0 aromatic heterocycles. The van der Waals surface area contributed by atoms with Gasteiger partial charge < -0.3 is 20.1 Å². The number of carbonyl (C=O) groups is 1. The lowest BCUT2D eigenvalue weighted by Crippen LogP contribution is -2.28. The number of carbonyl (C=O) groups excluding carboxylic acids is 1. The van der Waals surface area contributed by atoms with Gasteiger partial charge in [0.15, 0.2) is 0 Å². The number of nitrogens with two attached hydrogens (primary N) is 1. The number of hydrogen-bond donors (Lipinski definition) is 2. The Morgan fingerprint density at radius 1 is 0.674 bits per heavy atom. The predicted molar refractivity (Wildman–Crippen MR) is 192 cm³/mol. The van der Waals surface area contributed by atoms with E-state index in [4.69, 9.17) is 24.3 Å². The summed E-state index contributed by atoms with van der Waals surface area (Å²) in [6.45, 7) is 4.65. The Kier molecular flexibility index (Phi) is 33.2. The molecule has 0 heterocycles. The van der Waals surface area contributed by atoms with Crippen molar-refractivity contribution in [3.63, 3.8) is 0 Å². The Labute approximate surface area is 281 Å². The van der Waals surface area contributed by atoms with Crippen molar-refractivity contribution >= 4 is 13.8 Å². The van der Waals surface area contributed by atoms with Crippen LogP contribution in [0, 0.1) is 0 Å². The van der Waals surface area contributed by atoms with Gasteiger partial charge in [0.1, 0.15) is 6.10 Å². The molecule has 0 radical (unpaired) electrons. The van der Waals surface area contributed by atoms with Crippen molar-refractivity contribution in [3.8, 4) is 0 Å². The predicted octanol–water partition coefficient (Wildman–Crippen LogP) is 9.85. The quantitative estimate of drug-likeness (QED) is 0.0307. The topological polar surface area (TPSA) is 117 Å². The molecule has 0 saturated carbocycles. The Balaban J connectivity index is 3.97. The maximum atomic E-state index is 12.3. The Bertz CT molecular complexity index is 885. The van der Waals surface area contributed by atoms with E-state index in [0.29, 0.717) is 13.0 Å². The van der Waals surface area contributed by atoms with Crippen LogP contribution in [-0.4, -0.2) is 49.9 Å². The zero-order chi connectivity index (χ0) is 33.8. The third-order valence-electron chi connectivity index (χ3n) is 6.95. The molecule has 0 bridgehead atoms. The Morgan fingerprint density at radius 3 is 1.83 bits per heavy atom. The van der Waals surface area contributed by atoms with Crippen molar-refractivity contribution in [2.24, 2.45) is 5.73 Å². The summed E-state index contributed by atoms with van der Waals surface area (Å²) in [5.41, 5.74) is 5.32. The average molecular weight is 668 g/mol. The van der Waals surface area contributed by atoms with Crippen LogP contribution in [0.15, 0.2) is 60.8 Å². The van der Waals surface area contributed by atoms with E-state index < -0.39 is 13.9 Å². The van der Waals surface area contributed by atoms with E-state index >= 15 is 0 Å². The molecule has 46 heavy (non-hydrogen) atoms. The smallest absolute Gasteiger partial charge is 0.457 e. The maximum absolute atomic E-state index is 12.3. The van der Waals surface area contributed by atoms with E-state index in [1.54, 1.807) is 0 Å². The summed E-state index contributed by atoms with van der Waals surface area (Å²) in [5.74, 6) is -0.353. The first-order valence-electron chi connectivity index (χ1n) is 17.8. The van der Waals surface area contributed by atoms with Crippen LogP contribution in [0.3, 0.4) is 0 Å². The third kappa shape index (κ3) is 33.6. The second-order valence-corrected chi connectivity index (χ2v) is 12.8. The van der Waals surface area contributed by atoms with Crippen molar-refractivity contribution in [3.05, 3.63) is 60.8 Å². The molecule has 0 aromatic rings. The van der Waals surface area contributed by atoms with Gasteiger partial charge in [-0.2, -0.15) is 0 Å². The Hall–Kier alpha value is -1.80. The van der Waals surface area contributed by atoms with E-state index in [0.717, 1.165) is 89.9 Å². The fraction of sp³-hybridized carbons (Fsp3) is 0.703. The zero-order valence-corrected chi connectivity index (χ0v) is 29.9. The minimum Gasteiger partial charge on any atom is -0.457 e. The third-order valence-corrected chi connectivity index (χ3v) is 7.93. The number of hydrogen-bond acceptors (Lipinski definition) is 7. The van der Waals surface area contributed by atoms with E-state index in [9.17, 15) is 14.3 Å². The number of rotatable bonds is 33. The monoisotopic (exact) mass is 667 g/mol. The van der Waals surface area contributed by atoms with E-state index in [1.807, 2.05) is 0 Å². The van der Waals surface area contributed by atoms with E-state index in [1.165, 1.54) is 19.3 Å². The summed E-state index contributed by atoms with van der Waals surface area (Å²) >= 11 is 0. The molecular formula is C37H66NO7P. The summed E-state index contributed by atoms with van der Waals surface area (Å²) in [7, 11) is -4.26. The molecule has 0 fully saturated rings. The summed E-state index contributed by atoms with van der Waals surface area (Å²) in [6.07, 6.45) is 39.9. The number of esters is 1. The molecule has 0 rings (SSSR count). The molecule has 3 N–H and O–H groups in total. The zero-order valence-electron chi connectivity index (χ0n) is 29.0. The van der Waals surface area contributed by atoms with Crippen molar-refractivity contribution < 1.29 is 32.8 Å². The van der Waals surface area contributed by atoms with Gasteiger partial charge in [-0.1, -0.05) is 126 Å². The van der Waals surface area contributed by atoms with E-state index in [-0.39, 0.29) is 32.3 Å². The maximum Gasteiger partial charge on any atom is 0.472 e. The number of ether oxygens (including phenoxy) is 2. The van der Waals surface area contributed by atoms with Gasteiger partial charge in [0.25, 0.3) is 0 Å². The lowest BCUT2D eigenvalue weighted by atomic mass is 10.1. The van der Waals surface area contributed by atoms with Crippen LogP contribution in [0.5, 0.6) is 0 Å². The van der Waals surface area contributed by atoms with Gasteiger partial charge in [-0.15, -0.1) is 0 Å². The molecule has 0 aliphatic rings. The number of unbranched alkanes of at least 4 members (excludes halogenated alkanes) is 10. The molecule has 2 atom stereocenters. The van der Waals surface area contributed by atoms with Gasteiger partial charge in [-0.25, -0.2) is 4.57 Å². The van der Waals surface area contributed by atoms with Gasteiger partial charge in [-0.3, -0.25) is 13.8 Å². The molecule has 9 heteroatoms. The first-order chi connectivity index (χ1) is 22.4. The highest BCUT2D eigenvalue weighted by Gasteiger charge is 2.25. The fourth-order valence-electron chi connectivity index (χ4n) is 4.37. The summed E-state index contributed by atoms with van der Waals surface area (Å²) in [4.78, 5) is 22.1. The van der Waals surface area contributed by atoms with Crippen LogP contribution in [0.1, 0.15) is 129 Å². The number of allylic oxidation sites excluding steroid dienone is 10. The molecular weight excluding hydrogens is 601 g/mol. The van der Waals surface area contributed by atoms with Gasteiger partial charge in [0.2, 0.25) is 0 Å². The normalized spacial score (nSPS) is 14.4. The average Bonchev–Trinajstić information content (AvgIpc) is 3.04. The minimum atomic E-state index is -4.26. The molecule has 2 unspecified atom stereocenters. The lowest BCUT2D eigenvalue weighted by Gasteiger charge is -2.20. The number of phosphoric ester groups is 1. The van der Waals surface area contributed by atoms with Gasteiger partial charge >= 0.3 is 13.8 Å². The van der Waals surface area contributed by atoms with Crippen molar-refractivity contribution in [1.82, 2.24) is 0 Å². The van der Waals surface area contributed by atoms with E-state index in [2.05, 4.69) is 74.6 Å². The van der Waals surface area contributed by atoms with Crippen LogP contribution in [0.2, 0.25) is 0 Å². The van der Waals surface area contributed by atoms with Crippen molar-refractivity contribution in [2.45, 2.75) is 136 Å². The standard InChI is InChI=1S/C37H66NO7P/c1-3-5-7-9-10-11-12-13-14-15-16-17-18-19-20-21-22-23-24-25-27-29-32-42-34-36(35-44-46(40,41)43-33-31-38)45-37(39)30-28-26-8-6-4-2/h5,7,10-11,13-14,16-17,19-20,36H,3-4,6,8-9,12,15,18,21-35,38H2,1-2H3,(H,40,41)/b7-5-,11-10-,14-13-,17-16-,20-19-. The molecule has 0 aliphatic carbocycles. The summed E-state index contributed by atoms with van der Waals surface area (Å²) < 4.78 is 33.0. The second-order valence-electron chi connectivity index (χ2n) is 11.4. The van der Waals surface area contributed by atoms with Crippen molar-refractivity contribution in [2.75, 3.05) is 33.0 Å². The van der Waals surface area contributed by atoms with Gasteiger partial charge in [0.05, 0.1) is 19.8 Å². The SMILES string of the molecule is CC/C=C\C/C=C\C/C=C\C/C=C\C/C=C\CCCCCCCCOCC(COP(=O)(O)OCCN)OC(=O)CCCCCCC. The lowest BCUT2D eigenvalue weighted by molar-refractivity contribution is -0.154.